The second-order valence-electron chi connectivity index (χ2n) is 4.94. The summed E-state index contributed by atoms with van der Waals surface area (Å²) in [7, 11) is 3.56. The van der Waals surface area contributed by atoms with E-state index in [0.29, 0.717) is 5.88 Å². The zero-order chi connectivity index (χ0) is 14.7. The Hall–Kier alpha value is -2.33. The van der Waals surface area contributed by atoms with E-state index in [1.807, 2.05) is 43.6 Å². The quantitative estimate of drug-likeness (QED) is 0.779. The first-order valence-electron chi connectivity index (χ1n) is 6.95. The molecule has 21 heavy (non-hydrogen) atoms. The fraction of sp³-hybridized carbons (Fsp3) is 0.235. The fourth-order valence-corrected chi connectivity index (χ4v) is 2.41. The minimum atomic E-state index is 0.118. The van der Waals surface area contributed by atoms with E-state index in [1.54, 1.807) is 7.11 Å². The third-order valence-corrected chi connectivity index (χ3v) is 3.58. The minimum Gasteiger partial charge on any atom is -0.481 e. The van der Waals surface area contributed by atoms with Gasteiger partial charge in [0.05, 0.1) is 13.2 Å². The van der Waals surface area contributed by atoms with Crippen molar-refractivity contribution in [2.45, 2.75) is 12.5 Å². The maximum Gasteiger partial charge on any atom is 0.212 e. The minimum absolute atomic E-state index is 0.118. The van der Waals surface area contributed by atoms with Gasteiger partial charge in [-0.05, 0) is 31.2 Å². The number of pyridine rings is 1. The van der Waals surface area contributed by atoms with Crippen LogP contribution in [0, 0.1) is 0 Å². The number of likely N-dealkylation sites (N-methyl/N-ethyl adjacent to an activating group) is 1. The molecule has 4 heteroatoms. The number of para-hydroxylation sites is 1. The average molecular weight is 282 g/mol. The molecule has 0 fully saturated rings. The number of hydrogen-bond donors (Lipinski definition) is 1. The highest BCUT2D eigenvalue weighted by Crippen LogP contribution is 2.26. The third kappa shape index (κ3) is 2.90. The fourth-order valence-electron chi connectivity index (χ4n) is 2.41. The van der Waals surface area contributed by atoms with Crippen molar-refractivity contribution in [1.82, 2.24) is 10.3 Å². The van der Waals surface area contributed by atoms with E-state index < -0.39 is 0 Å². The average Bonchev–Trinajstić information content (AvgIpc) is 2.97. The van der Waals surface area contributed by atoms with Gasteiger partial charge >= 0.3 is 0 Å². The number of hydrogen-bond acceptors (Lipinski definition) is 4. The lowest BCUT2D eigenvalue weighted by Crippen LogP contribution is -2.18. The Labute approximate surface area is 123 Å². The van der Waals surface area contributed by atoms with Gasteiger partial charge in [-0.1, -0.05) is 24.3 Å². The van der Waals surface area contributed by atoms with E-state index in [2.05, 4.69) is 22.4 Å². The topological polar surface area (TPSA) is 47.3 Å². The summed E-state index contributed by atoms with van der Waals surface area (Å²) in [6.07, 6.45) is 2.65. The molecule has 3 rings (SSSR count). The van der Waals surface area contributed by atoms with Crippen molar-refractivity contribution < 1.29 is 9.15 Å². The summed E-state index contributed by atoms with van der Waals surface area (Å²) in [4.78, 5) is 4.24. The second kappa shape index (κ2) is 5.97. The normalized spacial score (nSPS) is 12.5. The molecule has 0 aliphatic heterocycles. The van der Waals surface area contributed by atoms with Crippen molar-refractivity contribution in [2.24, 2.45) is 0 Å². The van der Waals surface area contributed by atoms with Crippen LogP contribution in [-0.2, 0) is 6.42 Å². The summed E-state index contributed by atoms with van der Waals surface area (Å²) in [5, 5.41) is 4.43. The molecular weight excluding hydrogens is 264 g/mol. The molecule has 3 aromatic rings. The molecular formula is C17H18N2O2. The van der Waals surface area contributed by atoms with Crippen molar-refractivity contribution in [3.63, 3.8) is 0 Å². The number of rotatable bonds is 5. The second-order valence-corrected chi connectivity index (χ2v) is 4.94. The maximum atomic E-state index is 5.93. The molecule has 1 atom stereocenters. The standard InChI is InChI=1S/C17H18N2O2/c1-18-14(9-12-7-8-17(20-2)19-11-12)16-10-13-5-3-4-6-15(13)21-16/h3-8,10-11,14,18H,9H2,1-2H3. The van der Waals surface area contributed by atoms with E-state index in [4.69, 9.17) is 9.15 Å². The highest BCUT2D eigenvalue weighted by atomic mass is 16.5. The lowest BCUT2D eigenvalue weighted by Gasteiger charge is -2.13. The number of ether oxygens (including phenoxy) is 1. The lowest BCUT2D eigenvalue weighted by molar-refractivity contribution is 0.397. The van der Waals surface area contributed by atoms with Gasteiger partial charge < -0.3 is 14.5 Å². The number of fused-ring (bicyclic) bond motifs is 1. The van der Waals surface area contributed by atoms with Crippen LogP contribution in [0.25, 0.3) is 11.0 Å². The Morgan fingerprint density at radius 1 is 1.24 bits per heavy atom. The molecule has 1 unspecified atom stereocenters. The highest BCUT2D eigenvalue weighted by molar-refractivity contribution is 5.77. The summed E-state index contributed by atoms with van der Waals surface area (Å²) in [5.41, 5.74) is 2.05. The zero-order valence-corrected chi connectivity index (χ0v) is 12.2. The van der Waals surface area contributed by atoms with Crippen LogP contribution in [-0.4, -0.2) is 19.1 Å². The molecule has 0 bridgehead atoms. The third-order valence-electron chi connectivity index (χ3n) is 3.58. The summed E-state index contributed by atoms with van der Waals surface area (Å²) in [6.45, 7) is 0. The number of furan rings is 1. The number of methoxy groups -OCH3 is 1. The number of nitrogens with zero attached hydrogens (tertiary/aromatic N) is 1. The van der Waals surface area contributed by atoms with E-state index in [-0.39, 0.29) is 6.04 Å². The van der Waals surface area contributed by atoms with Gasteiger partial charge in [0, 0.05) is 17.6 Å². The summed E-state index contributed by atoms with van der Waals surface area (Å²) < 4.78 is 11.0. The van der Waals surface area contributed by atoms with Crippen LogP contribution in [0.3, 0.4) is 0 Å². The van der Waals surface area contributed by atoms with Gasteiger partial charge in [0.2, 0.25) is 5.88 Å². The van der Waals surface area contributed by atoms with Gasteiger partial charge in [0.1, 0.15) is 11.3 Å². The molecule has 2 aromatic heterocycles. The summed E-state index contributed by atoms with van der Waals surface area (Å²) >= 11 is 0. The monoisotopic (exact) mass is 282 g/mol. The van der Waals surface area contributed by atoms with Gasteiger partial charge in [-0.2, -0.15) is 0 Å². The first kappa shape index (κ1) is 13.6. The lowest BCUT2D eigenvalue weighted by atomic mass is 10.1. The van der Waals surface area contributed by atoms with Crippen LogP contribution in [0.5, 0.6) is 5.88 Å². The predicted molar refractivity (Wildman–Crippen MR) is 82.5 cm³/mol. The molecule has 0 radical (unpaired) electrons. The molecule has 0 amide bonds. The predicted octanol–water partition coefficient (Wildman–Crippen LogP) is 3.34. The van der Waals surface area contributed by atoms with Crippen LogP contribution in [0.2, 0.25) is 0 Å². The van der Waals surface area contributed by atoms with Crippen molar-refractivity contribution in [1.29, 1.82) is 0 Å². The van der Waals surface area contributed by atoms with E-state index in [0.717, 1.165) is 28.7 Å². The molecule has 0 spiro atoms. The van der Waals surface area contributed by atoms with E-state index >= 15 is 0 Å². The van der Waals surface area contributed by atoms with E-state index in [1.165, 1.54) is 0 Å². The maximum absolute atomic E-state index is 5.93. The van der Waals surface area contributed by atoms with Gasteiger partial charge in [-0.25, -0.2) is 4.98 Å². The number of aromatic nitrogens is 1. The van der Waals surface area contributed by atoms with Gasteiger partial charge in [0.25, 0.3) is 0 Å². The van der Waals surface area contributed by atoms with Gasteiger partial charge in [-0.15, -0.1) is 0 Å². The molecule has 0 saturated carbocycles. The Bertz CT molecular complexity index is 686. The molecule has 1 N–H and O–H groups in total. The Morgan fingerprint density at radius 2 is 2.10 bits per heavy atom. The van der Waals surface area contributed by atoms with Gasteiger partial charge in [-0.3, -0.25) is 0 Å². The SMILES string of the molecule is CNC(Cc1ccc(OC)nc1)c1cc2ccccc2o1. The largest absolute Gasteiger partial charge is 0.481 e. The molecule has 0 aliphatic carbocycles. The van der Waals surface area contributed by atoms with Crippen molar-refractivity contribution in [3.05, 3.63) is 60.0 Å². The smallest absolute Gasteiger partial charge is 0.212 e. The van der Waals surface area contributed by atoms with Crippen LogP contribution in [0.15, 0.2) is 53.1 Å². The molecule has 1 aromatic carbocycles. The number of nitrogens with one attached hydrogen (secondary N) is 1. The van der Waals surface area contributed by atoms with Crippen molar-refractivity contribution in [2.75, 3.05) is 14.2 Å². The first-order chi connectivity index (χ1) is 10.3. The highest BCUT2D eigenvalue weighted by Gasteiger charge is 2.15. The number of benzene rings is 1. The Balaban J connectivity index is 1.83. The van der Waals surface area contributed by atoms with Crippen LogP contribution in [0.4, 0.5) is 0 Å². The zero-order valence-electron chi connectivity index (χ0n) is 12.2. The van der Waals surface area contributed by atoms with Gasteiger partial charge in [0.15, 0.2) is 0 Å². The molecule has 0 saturated heterocycles. The molecule has 4 nitrogen and oxygen atoms in total. The van der Waals surface area contributed by atoms with Crippen molar-refractivity contribution >= 4 is 11.0 Å². The van der Waals surface area contributed by atoms with E-state index in [9.17, 15) is 0 Å². The molecule has 108 valence electrons. The van der Waals surface area contributed by atoms with Crippen molar-refractivity contribution in [3.8, 4) is 5.88 Å². The van der Waals surface area contributed by atoms with Crippen LogP contribution < -0.4 is 10.1 Å². The molecule has 0 aliphatic rings. The van der Waals surface area contributed by atoms with Crippen LogP contribution in [0.1, 0.15) is 17.4 Å². The first-order valence-corrected chi connectivity index (χ1v) is 6.95. The summed E-state index contributed by atoms with van der Waals surface area (Å²) in [6, 6.07) is 14.2. The molecule has 2 heterocycles. The Kier molecular flexibility index (Phi) is 3.88. The summed E-state index contributed by atoms with van der Waals surface area (Å²) in [5.74, 6) is 1.57. The van der Waals surface area contributed by atoms with Crippen LogP contribution >= 0.6 is 0 Å². The Morgan fingerprint density at radius 3 is 2.76 bits per heavy atom.